The van der Waals surface area contributed by atoms with E-state index in [0.717, 1.165) is 23.8 Å². The van der Waals surface area contributed by atoms with Gasteiger partial charge in [0, 0.05) is 18.6 Å². The molecule has 0 heterocycles. The van der Waals surface area contributed by atoms with E-state index in [1.165, 1.54) is 0 Å². The molecule has 1 aromatic carbocycles. The second-order valence-electron chi connectivity index (χ2n) is 4.08. The lowest BCUT2D eigenvalue weighted by atomic mass is 9.98. The smallest absolute Gasteiger partial charge is 0.167 e. The second-order valence-corrected chi connectivity index (χ2v) is 4.08. The molecule has 1 unspecified atom stereocenters. The molecule has 1 atom stereocenters. The first-order valence-electron chi connectivity index (χ1n) is 5.76. The largest absolute Gasteiger partial charge is 0.384 e. The van der Waals surface area contributed by atoms with Crippen molar-refractivity contribution in [2.75, 3.05) is 20.8 Å². The molecule has 0 saturated carbocycles. The number of Topliss-reactive ketones (excluding diaryl/α,β-unsaturated/α-hetero) is 1. The number of hydrogen-bond donors (Lipinski definition) is 0. The molecule has 3 nitrogen and oxygen atoms in total. The number of rotatable bonds is 5. The predicted molar refractivity (Wildman–Crippen MR) is 73.1 cm³/mol. The van der Waals surface area contributed by atoms with Gasteiger partial charge in [0.25, 0.3) is 0 Å². The number of allylic oxidation sites excluding steroid dienone is 1. The minimum Gasteiger partial charge on any atom is -0.384 e. The van der Waals surface area contributed by atoms with Gasteiger partial charge in [0.05, 0.1) is 13.7 Å². The summed E-state index contributed by atoms with van der Waals surface area (Å²) in [5, 5.41) is 8.25. The Morgan fingerprint density at radius 3 is 2.06 bits per heavy atom. The molecule has 1 aromatic rings. The molecule has 0 fully saturated rings. The summed E-state index contributed by atoms with van der Waals surface area (Å²) in [6, 6.07) is 7.54. The van der Waals surface area contributed by atoms with Gasteiger partial charge in [-0.3, -0.25) is 4.79 Å². The molecule has 0 spiro atoms. The van der Waals surface area contributed by atoms with Gasteiger partial charge in [-0.1, -0.05) is 43.3 Å². The molecule has 0 bridgehead atoms. The molecule has 0 aliphatic carbocycles. The Kier molecular flexibility index (Phi) is 7.92. The zero-order valence-corrected chi connectivity index (χ0v) is 11.5. The summed E-state index contributed by atoms with van der Waals surface area (Å²) in [5.74, 6) is 0.0239. The SMILES string of the molecule is C=C(C)c1ccc(C(=O)C(C)COC)cc1.C[O]. The van der Waals surface area contributed by atoms with Gasteiger partial charge in [-0.05, 0) is 12.5 Å². The molecular formula is C15H21O3. The minimum absolute atomic E-state index is 0.0966. The first-order valence-corrected chi connectivity index (χ1v) is 5.76. The fourth-order valence-corrected chi connectivity index (χ4v) is 1.53. The molecule has 99 valence electrons. The fourth-order valence-electron chi connectivity index (χ4n) is 1.53. The number of carbonyl (C=O) groups is 1. The van der Waals surface area contributed by atoms with Crippen LogP contribution in [-0.4, -0.2) is 26.6 Å². The van der Waals surface area contributed by atoms with Crippen molar-refractivity contribution in [2.24, 2.45) is 5.92 Å². The van der Waals surface area contributed by atoms with Crippen molar-refractivity contribution < 1.29 is 14.6 Å². The van der Waals surface area contributed by atoms with Crippen molar-refractivity contribution in [2.45, 2.75) is 13.8 Å². The number of benzene rings is 1. The van der Waals surface area contributed by atoms with E-state index in [1.807, 2.05) is 38.1 Å². The van der Waals surface area contributed by atoms with Crippen molar-refractivity contribution in [3.8, 4) is 0 Å². The summed E-state index contributed by atoms with van der Waals surface area (Å²) in [5.41, 5.74) is 2.80. The first kappa shape index (κ1) is 16.6. The zero-order chi connectivity index (χ0) is 14.1. The van der Waals surface area contributed by atoms with Gasteiger partial charge in [0.15, 0.2) is 5.78 Å². The van der Waals surface area contributed by atoms with Gasteiger partial charge in [0.2, 0.25) is 0 Å². The number of ketones is 1. The Hall–Kier alpha value is -1.45. The van der Waals surface area contributed by atoms with Gasteiger partial charge in [-0.15, -0.1) is 0 Å². The lowest BCUT2D eigenvalue weighted by Gasteiger charge is -2.09. The van der Waals surface area contributed by atoms with E-state index in [0.29, 0.717) is 6.61 Å². The fraction of sp³-hybridized carbons (Fsp3) is 0.400. The van der Waals surface area contributed by atoms with Crippen molar-refractivity contribution in [1.82, 2.24) is 0 Å². The Morgan fingerprint density at radius 2 is 1.67 bits per heavy atom. The van der Waals surface area contributed by atoms with Gasteiger partial charge in [-0.25, -0.2) is 5.11 Å². The quantitative estimate of drug-likeness (QED) is 0.752. The maximum atomic E-state index is 11.9. The summed E-state index contributed by atoms with van der Waals surface area (Å²) in [6.07, 6.45) is 0. The van der Waals surface area contributed by atoms with Crippen molar-refractivity contribution in [3.05, 3.63) is 42.0 Å². The number of carbonyl (C=O) groups excluding carboxylic acids is 1. The Bertz CT molecular complexity index is 379. The Labute approximate surface area is 109 Å². The zero-order valence-electron chi connectivity index (χ0n) is 11.5. The highest BCUT2D eigenvalue weighted by atomic mass is 16.5. The van der Waals surface area contributed by atoms with E-state index in [1.54, 1.807) is 7.11 Å². The van der Waals surface area contributed by atoms with Crippen LogP contribution in [0.1, 0.15) is 29.8 Å². The van der Waals surface area contributed by atoms with E-state index in [-0.39, 0.29) is 11.7 Å². The third-order valence-corrected chi connectivity index (χ3v) is 2.53. The van der Waals surface area contributed by atoms with Crippen LogP contribution >= 0.6 is 0 Å². The van der Waals surface area contributed by atoms with E-state index in [9.17, 15) is 4.79 Å². The standard InChI is InChI=1S/C14H18O2.CH3O/c1-10(2)12-5-7-13(8-6-12)14(15)11(3)9-16-4;1-2/h5-8,11H,1,9H2,2-4H3;1H3. The molecule has 0 N–H and O–H groups in total. The maximum absolute atomic E-state index is 11.9. The lowest BCUT2D eigenvalue weighted by molar-refractivity contribution is 0.0830. The molecule has 3 heteroatoms. The maximum Gasteiger partial charge on any atom is 0.167 e. The topological polar surface area (TPSA) is 46.2 Å². The van der Waals surface area contributed by atoms with E-state index >= 15 is 0 Å². The molecule has 1 rings (SSSR count). The van der Waals surface area contributed by atoms with Crippen LogP contribution in [0.4, 0.5) is 0 Å². The van der Waals surface area contributed by atoms with E-state index in [4.69, 9.17) is 9.84 Å². The average Bonchev–Trinajstić information content (AvgIpc) is 2.40. The van der Waals surface area contributed by atoms with Crippen LogP contribution in [-0.2, 0) is 9.84 Å². The minimum atomic E-state index is -0.0966. The highest BCUT2D eigenvalue weighted by Gasteiger charge is 2.14. The van der Waals surface area contributed by atoms with Crippen LogP contribution < -0.4 is 0 Å². The van der Waals surface area contributed by atoms with E-state index in [2.05, 4.69) is 6.58 Å². The molecule has 18 heavy (non-hydrogen) atoms. The third-order valence-electron chi connectivity index (χ3n) is 2.53. The highest BCUT2D eigenvalue weighted by molar-refractivity contribution is 5.97. The number of methoxy groups -OCH3 is 1. The third kappa shape index (κ3) is 4.82. The predicted octanol–water partition coefficient (Wildman–Crippen LogP) is 3.23. The monoisotopic (exact) mass is 249 g/mol. The normalized spacial score (nSPS) is 11.2. The summed E-state index contributed by atoms with van der Waals surface area (Å²) in [6.45, 7) is 8.14. The Morgan fingerprint density at radius 1 is 1.22 bits per heavy atom. The van der Waals surface area contributed by atoms with Crippen LogP contribution in [0.2, 0.25) is 0 Å². The van der Waals surface area contributed by atoms with Crippen molar-refractivity contribution in [1.29, 1.82) is 0 Å². The number of hydrogen-bond acceptors (Lipinski definition) is 2. The molecule has 0 aromatic heterocycles. The van der Waals surface area contributed by atoms with Crippen molar-refractivity contribution in [3.63, 3.8) is 0 Å². The van der Waals surface area contributed by atoms with Gasteiger partial charge >= 0.3 is 0 Å². The van der Waals surface area contributed by atoms with Gasteiger partial charge in [-0.2, -0.15) is 0 Å². The summed E-state index contributed by atoms with van der Waals surface area (Å²) >= 11 is 0. The molecule has 0 amide bonds. The molecule has 1 radical (unpaired) electrons. The summed E-state index contributed by atoms with van der Waals surface area (Å²) in [4.78, 5) is 11.9. The van der Waals surface area contributed by atoms with Crippen LogP contribution in [0.25, 0.3) is 5.57 Å². The number of ether oxygens (including phenoxy) is 1. The molecule has 0 saturated heterocycles. The Balaban J connectivity index is 0.00000137. The first-order chi connectivity index (χ1) is 8.56. The highest BCUT2D eigenvalue weighted by Crippen LogP contribution is 2.15. The van der Waals surface area contributed by atoms with Crippen LogP contribution in [0, 0.1) is 5.92 Å². The van der Waals surface area contributed by atoms with Crippen LogP contribution in [0.3, 0.4) is 0 Å². The average molecular weight is 249 g/mol. The second kappa shape index (κ2) is 8.61. The van der Waals surface area contributed by atoms with Gasteiger partial charge < -0.3 is 4.74 Å². The van der Waals surface area contributed by atoms with Crippen LogP contribution in [0.5, 0.6) is 0 Å². The van der Waals surface area contributed by atoms with Crippen LogP contribution in [0.15, 0.2) is 30.8 Å². The van der Waals surface area contributed by atoms with Gasteiger partial charge in [0.1, 0.15) is 0 Å². The van der Waals surface area contributed by atoms with E-state index < -0.39 is 0 Å². The summed E-state index contributed by atoms with van der Waals surface area (Å²) < 4.78 is 4.97. The molecule has 0 aliphatic rings. The lowest BCUT2D eigenvalue weighted by Crippen LogP contribution is -2.16. The molecule has 0 aliphatic heterocycles. The molecular weight excluding hydrogens is 228 g/mol. The van der Waals surface area contributed by atoms with Crippen molar-refractivity contribution >= 4 is 11.4 Å². The summed E-state index contributed by atoms with van der Waals surface area (Å²) in [7, 11) is 2.36.